The number of thiophene rings is 1. The van der Waals surface area contributed by atoms with Crippen molar-refractivity contribution in [2.24, 2.45) is 0 Å². The summed E-state index contributed by atoms with van der Waals surface area (Å²) < 4.78 is 3.84. The van der Waals surface area contributed by atoms with Gasteiger partial charge >= 0.3 is 0 Å². The van der Waals surface area contributed by atoms with Crippen molar-refractivity contribution in [1.29, 1.82) is 0 Å². The van der Waals surface area contributed by atoms with Gasteiger partial charge in [0.15, 0.2) is 5.82 Å². The average Bonchev–Trinajstić information content (AvgIpc) is 3.43. The highest BCUT2D eigenvalue weighted by Crippen LogP contribution is 2.28. The van der Waals surface area contributed by atoms with Gasteiger partial charge in [-0.3, -0.25) is 9.47 Å². The standard InChI is InChI=1S/C20H19N5OS2/c1-14-7-5-8-15(2)18(14)21-17(26)13-28-20-23-22-19(16-9-6-12-27-16)25(20)24-10-3-4-11-24/h3-12H,13H2,1-2H3,(H,21,26). The molecule has 0 aliphatic rings. The largest absolute Gasteiger partial charge is 0.325 e. The highest BCUT2D eigenvalue weighted by atomic mass is 32.2. The van der Waals surface area contributed by atoms with Crippen LogP contribution in [0.15, 0.2) is 65.4 Å². The van der Waals surface area contributed by atoms with E-state index in [1.165, 1.54) is 11.8 Å². The maximum absolute atomic E-state index is 12.5. The number of amides is 1. The minimum atomic E-state index is -0.0675. The molecular formula is C20H19N5OS2. The number of benzene rings is 1. The minimum Gasteiger partial charge on any atom is -0.325 e. The summed E-state index contributed by atoms with van der Waals surface area (Å²) in [4.78, 5) is 13.6. The summed E-state index contributed by atoms with van der Waals surface area (Å²) >= 11 is 2.97. The van der Waals surface area contributed by atoms with E-state index in [4.69, 9.17) is 0 Å². The van der Waals surface area contributed by atoms with E-state index in [9.17, 15) is 4.79 Å². The molecule has 0 radical (unpaired) electrons. The number of para-hydroxylation sites is 1. The third kappa shape index (κ3) is 3.74. The van der Waals surface area contributed by atoms with Crippen LogP contribution in [0.1, 0.15) is 11.1 Å². The fourth-order valence-corrected chi connectivity index (χ4v) is 4.33. The predicted octanol–water partition coefficient (Wildman–Crippen LogP) is 4.47. The van der Waals surface area contributed by atoms with Crippen LogP contribution in [0.2, 0.25) is 0 Å². The second kappa shape index (κ2) is 8.04. The van der Waals surface area contributed by atoms with Crippen LogP contribution in [0.25, 0.3) is 10.7 Å². The molecule has 1 N–H and O–H groups in total. The number of nitrogens with zero attached hydrogens (tertiary/aromatic N) is 4. The van der Waals surface area contributed by atoms with Crippen LogP contribution in [0.3, 0.4) is 0 Å². The number of thioether (sulfide) groups is 1. The Labute approximate surface area is 171 Å². The number of carbonyl (C=O) groups is 1. The molecule has 0 bridgehead atoms. The summed E-state index contributed by atoms with van der Waals surface area (Å²) in [6, 6.07) is 13.9. The van der Waals surface area contributed by atoms with E-state index in [2.05, 4.69) is 15.5 Å². The molecule has 4 aromatic rings. The van der Waals surface area contributed by atoms with E-state index >= 15 is 0 Å². The lowest BCUT2D eigenvalue weighted by atomic mass is 10.1. The second-order valence-electron chi connectivity index (χ2n) is 6.26. The molecule has 0 atom stereocenters. The molecule has 4 rings (SSSR count). The van der Waals surface area contributed by atoms with Crippen molar-refractivity contribution in [3.05, 3.63) is 71.4 Å². The number of aryl methyl sites for hydroxylation is 2. The quantitative estimate of drug-likeness (QED) is 0.477. The average molecular weight is 410 g/mol. The van der Waals surface area contributed by atoms with Crippen molar-refractivity contribution in [3.8, 4) is 10.7 Å². The molecule has 0 saturated heterocycles. The van der Waals surface area contributed by atoms with Crippen LogP contribution in [0.5, 0.6) is 0 Å². The van der Waals surface area contributed by atoms with E-state index in [1.807, 2.05) is 83.4 Å². The monoisotopic (exact) mass is 409 g/mol. The lowest BCUT2D eigenvalue weighted by Crippen LogP contribution is -2.17. The van der Waals surface area contributed by atoms with E-state index < -0.39 is 0 Å². The van der Waals surface area contributed by atoms with E-state index in [0.29, 0.717) is 5.16 Å². The Morgan fingerprint density at radius 1 is 1.07 bits per heavy atom. The first kappa shape index (κ1) is 18.5. The summed E-state index contributed by atoms with van der Waals surface area (Å²) in [5.41, 5.74) is 2.97. The topological polar surface area (TPSA) is 64.7 Å². The lowest BCUT2D eigenvalue weighted by Gasteiger charge is -2.12. The summed E-state index contributed by atoms with van der Waals surface area (Å²) in [7, 11) is 0. The molecule has 0 aliphatic heterocycles. The van der Waals surface area contributed by atoms with Crippen LogP contribution >= 0.6 is 23.1 Å². The third-order valence-electron chi connectivity index (χ3n) is 4.25. The second-order valence-corrected chi connectivity index (χ2v) is 8.15. The first-order valence-corrected chi connectivity index (χ1v) is 10.6. The van der Waals surface area contributed by atoms with Crippen molar-refractivity contribution in [3.63, 3.8) is 0 Å². The molecule has 3 heterocycles. The molecule has 3 aromatic heterocycles. The Hall–Kier alpha value is -2.84. The van der Waals surface area contributed by atoms with Gasteiger partial charge in [-0.25, -0.2) is 4.68 Å². The molecular weight excluding hydrogens is 390 g/mol. The smallest absolute Gasteiger partial charge is 0.234 e. The highest BCUT2D eigenvalue weighted by Gasteiger charge is 2.18. The van der Waals surface area contributed by atoms with E-state index in [-0.39, 0.29) is 11.7 Å². The van der Waals surface area contributed by atoms with Crippen LogP contribution in [0, 0.1) is 13.8 Å². The van der Waals surface area contributed by atoms with E-state index in [0.717, 1.165) is 27.5 Å². The summed E-state index contributed by atoms with van der Waals surface area (Å²) in [5, 5.41) is 14.4. The number of anilines is 1. The van der Waals surface area contributed by atoms with Gasteiger partial charge in [-0.1, -0.05) is 36.0 Å². The Kier molecular flexibility index (Phi) is 5.31. The van der Waals surface area contributed by atoms with Crippen LogP contribution in [-0.4, -0.2) is 31.2 Å². The molecule has 6 nitrogen and oxygen atoms in total. The third-order valence-corrected chi connectivity index (χ3v) is 6.04. The van der Waals surface area contributed by atoms with Gasteiger partial charge in [-0.15, -0.1) is 21.5 Å². The van der Waals surface area contributed by atoms with Crippen LogP contribution in [-0.2, 0) is 4.79 Å². The molecule has 0 fully saturated rings. The van der Waals surface area contributed by atoms with Crippen LogP contribution in [0.4, 0.5) is 5.69 Å². The van der Waals surface area contributed by atoms with Gasteiger partial charge in [0, 0.05) is 18.1 Å². The molecule has 1 amide bonds. The zero-order chi connectivity index (χ0) is 19.5. The molecule has 1 aromatic carbocycles. The SMILES string of the molecule is Cc1cccc(C)c1NC(=O)CSc1nnc(-c2cccs2)n1-n1cccc1. The van der Waals surface area contributed by atoms with Gasteiger partial charge in [-0.2, -0.15) is 0 Å². The number of hydrogen-bond acceptors (Lipinski definition) is 5. The molecule has 0 unspecified atom stereocenters. The van der Waals surface area contributed by atoms with Gasteiger partial charge in [-0.05, 0) is 48.6 Å². The first-order valence-electron chi connectivity index (χ1n) is 8.75. The molecule has 8 heteroatoms. The number of aromatic nitrogens is 4. The Bertz CT molecular complexity index is 1060. The molecule has 0 saturated carbocycles. The van der Waals surface area contributed by atoms with Crippen molar-refractivity contribution in [2.75, 3.05) is 11.1 Å². The molecule has 28 heavy (non-hydrogen) atoms. The Morgan fingerprint density at radius 2 is 1.82 bits per heavy atom. The van der Waals surface area contributed by atoms with Gasteiger partial charge in [0.25, 0.3) is 0 Å². The normalized spacial score (nSPS) is 10.9. The van der Waals surface area contributed by atoms with Crippen LogP contribution < -0.4 is 5.32 Å². The molecule has 142 valence electrons. The van der Waals surface area contributed by atoms with Gasteiger partial charge in [0.2, 0.25) is 11.1 Å². The number of carbonyl (C=O) groups excluding carboxylic acids is 1. The molecule has 0 aliphatic carbocycles. The maximum atomic E-state index is 12.5. The van der Waals surface area contributed by atoms with Crippen molar-refractivity contribution in [2.45, 2.75) is 19.0 Å². The summed E-state index contributed by atoms with van der Waals surface area (Å²) in [6.45, 7) is 3.98. The molecule has 0 spiro atoms. The fraction of sp³-hybridized carbons (Fsp3) is 0.150. The number of hydrogen-bond donors (Lipinski definition) is 1. The number of nitrogens with one attached hydrogen (secondary N) is 1. The fourth-order valence-electron chi connectivity index (χ4n) is 2.90. The van der Waals surface area contributed by atoms with Gasteiger partial charge in [0.05, 0.1) is 10.6 Å². The van der Waals surface area contributed by atoms with Gasteiger partial charge in [0.1, 0.15) is 0 Å². The predicted molar refractivity (Wildman–Crippen MR) is 114 cm³/mol. The van der Waals surface area contributed by atoms with Gasteiger partial charge < -0.3 is 5.32 Å². The first-order chi connectivity index (χ1) is 13.6. The Balaban J connectivity index is 1.55. The maximum Gasteiger partial charge on any atom is 0.234 e. The lowest BCUT2D eigenvalue weighted by molar-refractivity contribution is -0.113. The van der Waals surface area contributed by atoms with Crippen molar-refractivity contribution < 1.29 is 4.79 Å². The zero-order valence-electron chi connectivity index (χ0n) is 15.5. The minimum absolute atomic E-state index is 0.0675. The Morgan fingerprint density at radius 3 is 2.50 bits per heavy atom. The van der Waals surface area contributed by atoms with Crippen molar-refractivity contribution >= 4 is 34.7 Å². The number of rotatable bonds is 6. The zero-order valence-corrected chi connectivity index (χ0v) is 17.1. The van der Waals surface area contributed by atoms with E-state index in [1.54, 1.807) is 11.3 Å². The van der Waals surface area contributed by atoms with Crippen molar-refractivity contribution in [1.82, 2.24) is 19.5 Å². The summed E-state index contributed by atoms with van der Waals surface area (Å²) in [6.07, 6.45) is 3.86. The highest BCUT2D eigenvalue weighted by molar-refractivity contribution is 7.99. The summed E-state index contributed by atoms with van der Waals surface area (Å²) in [5.74, 6) is 0.934.